The normalized spacial score (nSPS) is 11.8. The van der Waals surface area contributed by atoms with Crippen LogP contribution in [0.25, 0.3) is 0 Å². The van der Waals surface area contributed by atoms with Crippen LogP contribution in [0.3, 0.4) is 0 Å². The van der Waals surface area contributed by atoms with Gasteiger partial charge in [-0.25, -0.2) is 9.97 Å². The van der Waals surface area contributed by atoms with Crippen LogP contribution in [-0.2, 0) is 7.05 Å². The van der Waals surface area contributed by atoms with Gasteiger partial charge in [0.05, 0.1) is 19.0 Å². The van der Waals surface area contributed by atoms with Crippen molar-refractivity contribution in [3.05, 3.63) is 71.8 Å². The summed E-state index contributed by atoms with van der Waals surface area (Å²) in [6, 6.07) is 7.09. The van der Waals surface area contributed by atoms with Crippen LogP contribution in [0.1, 0.15) is 33.6 Å². The molecule has 1 aromatic carbocycles. The number of imidazole rings is 1. The van der Waals surface area contributed by atoms with Gasteiger partial charge in [-0.15, -0.1) is 0 Å². The van der Waals surface area contributed by atoms with E-state index in [9.17, 15) is 4.79 Å². The van der Waals surface area contributed by atoms with Gasteiger partial charge in [0.1, 0.15) is 23.3 Å². The molecule has 0 aliphatic heterocycles. The lowest BCUT2D eigenvalue weighted by molar-refractivity contribution is 0.0935. The SMILES string of the molecule is COc1cccc([C@H](NC(=O)c2cnc(C)cn2)c2nccn2C)c1. The Kier molecular flexibility index (Phi) is 4.74. The number of methoxy groups -OCH3 is 1. The molecule has 128 valence electrons. The van der Waals surface area contributed by atoms with Gasteiger partial charge in [0.25, 0.3) is 5.91 Å². The summed E-state index contributed by atoms with van der Waals surface area (Å²) in [6.07, 6.45) is 6.56. The molecule has 0 unspecified atom stereocenters. The Bertz CT molecular complexity index is 873. The van der Waals surface area contributed by atoms with Gasteiger partial charge in [0.2, 0.25) is 0 Å². The van der Waals surface area contributed by atoms with Crippen molar-refractivity contribution in [1.29, 1.82) is 0 Å². The van der Waals surface area contributed by atoms with Crippen LogP contribution < -0.4 is 10.1 Å². The first-order valence-electron chi connectivity index (χ1n) is 7.79. The summed E-state index contributed by atoms with van der Waals surface area (Å²) in [6.45, 7) is 1.82. The van der Waals surface area contributed by atoms with Gasteiger partial charge in [-0.3, -0.25) is 9.78 Å². The Morgan fingerprint density at radius 2 is 2.08 bits per heavy atom. The van der Waals surface area contributed by atoms with E-state index in [4.69, 9.17) is 4.74 Å². The maximum Gasteiger partial charge on any atom is 0.272 e. The van der Waals surface area contributed by atoms with Crippen LogP contribution in [0.15, 0.2) is 49.1 Å². The summed E-state index contributed by atoms with van der Waals surface area (Å²) in [5.41, 5.74) is 1.87. The van der Waals surface area contributed by atoms with Gasteiger partial charge in [-0.05, 0) is 24.6 Å². The maximum absolute atomic E-state index is 12.6. The molecule has 3 rings (SSSR count). The minimum atomic E-state index is -0.439. The molecule has 1 amide bonds. The molecule has 0 aliphatic rings. The third kappa shape index (κ3) is 3.65. The number of carbonyl (C=O) groups excluding carboxylic acids is 1. The molecular weight excluding hydrogens is 318 g/mol. The molecule has 25 heavy (non-hydrogen) atoms. The number of aryl methyl sites for hydroxylation is 2. The lowest BCUT2D eigenvalue weighted by atomic mass is 10.1. The fourth-order valence-corrected chi connectivity index (χ4v) is 2.49. The minimum Gasteiger partial charge on any atom is -0.497 e. The van der Waals surface area contributed by atoms with Crippen molar-refractivity contribution in [1.82, 2.24) is 24.8 Å². The zero-order chi connectivity index (χ0) is 17.8. The molecule has 0 aliphatic carbocycles. The Morgan fingerprint density at radius 1 is 1.24 bits per heavy atom. The van der Waals surface area contributed by atoms with Crippen LogP contribution in [0.5, 0.6) is 5.75 Å². The Morgan fingerprint density at radius 3 is 2.72 bits per heavy atom. The van der Waals surface area contributed by atoms with Gasteiger partial charge >= 0.3 is 0 Å². The number of hydrogen-bond acceptors (Lipinski definition) is 5. The Balaban J connectivity index is 1.95. The van der Waals surface area contributed by atoms with Crippen molar-refractivity contribution in [2.75, 3.05) is 7.11 Å². The van der Waals surface area contributed by atoms with Gasteiger partial charge in [-0.2, -0.15) is 0 Å². The van der Waals surface area contributed by atoms with Crippen LogP contribution >= 0.6 is 0 Å². The average Bonchev–Trinajstić information content (AvgIpc) is 3.06. The van der Waals surface area contributed by atoms with E-state index in [1.54, 1.807) is 19.5 Å². The van der Waals surface area contributed by atoms with E-state index in [2.05, 4.69) is 20.3 Å². The largest absolute Gasteiger partial charge is 0.497 e. The van der Waals surface area contributed by atoms with Crippen molar-refractivity contribution < 1.29 is 9.53 Å². The molecular formula is C18H19N5O2. The second-order valence-electron chi connectivity index (χ2n) is 5.62. The van der Waals surface area contributed by atoms with Gasteiger partial charge < -0.3 is 14.6 Å². The first-order chi connectivity index (χ1) is 12.1. The van der Waals surface area contributed by atoms with Crippen molar-refractivity contribution in [2.45, 2.75) is 13.0 Å². The molecule has 1 N–H and O–H groups in total. The topological polar surface area (TPSA) is 81.9 Å². The van der Waals surface area contributed by atoms with E-state index >= 15 is 0 Å². The minimum absolute atomic E-state index is 0.257. The number of nitrogens with zero attached hydrogens (tertiary/aromatic N) is 4. The van der Waals surface area contributed by atoms with Gasteiger partial charge in [-0.1, -0.05) is 12.1 Å². The van der Waals surface area contributed by atoms with Crippen molar-refractivity contribution >= 4 is 5.91 Å². The summed E-state index contributed by atoms with van der Waals surface area (Å²) >= 11 is 0. The number of carbonyl (C=O) groups is 1. The molecule has 3 aromatic rings. The first kappa shape index (κ1) is 16.6. The molecule has 0 bridgehead atoms. The fourth-order valence-electron chi connectivity index (χ4n) is 2.49. The van der Waals surface area contributed by atoms with Crippen molar-refractivity contribution in [3.63, 3.8) is 0 Å². The fraction of sp³-hybridized carbons (Fsp3) is 0.222. The summed E-state index contributed by atoms with van der Waals surface area (Å²) in [5, 5.41) is 2.98. The van der Waals surface area contributed by atoms with E-state index in [-0.39, 0.29) is 11.6 Å². The summed E-state index contributed by atoms with van der Waals surface area (Å²) in [5.74, 6) is 1.10. The summed E-state index contributed by atoms with van der Waals surface area (Å²) in [4.78, 5) is 25.3. The molecule has 0 saturated carbocycles. The summed E-state index contributed by atoms with van der Waals surface area (Å²) in [7, 11) is 3.49. The lowest BCUT2D eigenvalue weighted by Gasteiger charge is -2.19. The third-order valence-corrected chi connectivity index (χ3v) is 3.83. The van der Waals surface area contributed by atoms with E-state index < -0.39 is 6.04 Å². The second kappa shape index (κ2) is 7.12. The molecule has 1 atom stereocenters. The van der Waals surface area contributed by atoms with Crippen LogP contribution in [0.4, 0.5) is 0 Å². The highest BCUT2D eigenvalue weighted by molar-refractivity contribution is 5.92. The zero-order valence-corrected chi connectivity index (χ0v) is 14.3. The highest BCUT2D eigenvalue weighted by Gasteiger charge is 2.22. The molecule has 7 heteroatoms. The van der Waals surface area contributed by atoms with E-state index in [1.807, 2.05) is 49.0 Å². The number of nitrogens with one attached hydrogen (secondary N) is 1. The molecule has 2 heterocycles. The van der Waals surface area contributed by atoms with E-state index in [1.165, 1.54) is 6.20 Å². The van der Waals surface area contributed by atoms with Gasteiger partial charge in [0.15, 0.2) is 0 Å². The number of aromatic nitrogens is 4. The smallest absolute Gasteiger partial charge is 0.272 e. The second-order valence-corrected chi connectivity index (χ2v) is 5.62. The average molecular weight is 337 g/mol. The first-order valence-corrected chi connectivity index (χ1v) is 7.79. The quantitative estimate of drug-likeness (QED) is 0.770. The Hall–Kier alpha value is -3.22. The zero-order valence-electron chi connectivity index (χ0n) is 14.3. The summed E-state index contributed by atoms with van der Waals surface area (Å²) < 4.78 is 7.16. The van der Waals surface area contributed by atoms with Crippen molar-refractivity contribution in [3.8, 4) is 5.75 Å². The maximum atomic E-state index is 12.6. The van der Waals surface area contributed by atoms with Gasteiger partial charge in [0, 0.05) is 25.6 Å². The van der Waals surface area contributed by atoms with Crippen LogP contribution in [-0.4, -0.2) is 32.5 Å². The van der Waals surface area contributed by atoms with Crippen molar-refractivity contribution in [2.24, 2.45) is 7.05 Å². The highest BCUT2D eigenvalue weighted by Crippen LogP contribution is 2.24. The molecule has 7 nitrogen and oxygen atoms in total. The monoisotopic (exact) mass is 337 g/mol. The highest BCUT2D eigenvalue weighted by atomic mass is 16.5. The number of rotatable bonds is 5. The van der Waals surface area contributed by atoms with Crippen LogP contribution in [0.2, 0.25) is 0 Å². The number of hydrogen-bond donors (Lipinski definition) is 1. The van der Waals surface area contributed by atoms with E-state index in [0.717, 1.165) is 11.3 Å². The number of ether oxygens (including phenoxy) is 1. The molecule has 2 aromatic heterocycles. The predicted molar refractivity (Wildman–Crippen MR) is 92.3 cm³/mol. The molecule has 0 fully saturated rings. The number of amides is 1. The molecule has 0 saturated heterocycles. The predicted octanol–water partition coefficient (Wildman–Crippen LogP) is 2.05. The molecule has 0 spiro atoms. The number of benzene rings is 1. The standard InChI is InChI=1S/C18H19N5O2/c1-12-10-21-15(11-20-12)18(24)22-16(17-19-7-8-23(17)2)13-5-4-6-14(9-13)25-3/h4-11,16H,1-3H3,(H,22,24)/t16-/m0/s1. The third-order valence-electron chi connectivity index (χ3n) is 3.83. The van der Waals surface area contributed by atoms with Crippen LogP contribution in [0, 0.1) is 6.92 Å². The van der Waals surface area contributed by atoms with E-state index in [0.29, 0.717) is 11.6 Å². The lowest BCUT2D eigenvalue weighted by Crippen LogP contribution is -2.31. The molecule has 0 radical (unpaired) electrons. The Labute approximate surface area is 145 Å².